The van der Waals surface area contributed by atoms with Crippen molar-refractivity contribution >= 4 is 11.9 Å². The molecular formula is C12H22N4O2. The van der Waals surface area contributed by atoms with Crippen LogP contribution in [0.5, 0.6) is 0 Å². The van der Waals surface area contributed by atoms with Crippen molar-refractivity contribution in [2.75, 3.05) is 39.8 Å². The summed E-state index contributed by atoms with van der Waals surface area (Å²) in [6.07, 6.45) is 2.66. The molecule has 6 nitrogen and oxygen atoms in total. The molecule has 102 valence electrons. The molecule has 0 aromatic rings. The van der Waals surface area contributed by atoms with E-state index < -0.39 is 6.03 Å². The zero-order valence-corrected chi connectivity index (χ0v) is 10.9. The molecule has 1 atom stereocenters. The Hall–Kier alpha value is -1.40. The lowest BCUT2D eigenvalue weighted by Crippen LogP contribution is -2.44. The molecule has 1 unspecified atom stereocenters. The van der Waals surface area contributed by atoms with Crippen molar-refractivity contribution in [3.05, 3.63) is 12.7 Å². The summed E-state index contributed by atoms with van der Waals surface area (Å²) >= 11 is 0. The molecule has 0 radical (unpaired) electrons. The number of likely N-dealkylation sites (tertiary alicyclic amines) is 1. The van der Waals surface area contributed by atoms with Crippen molar-refractivity contribution in [2.45, 2.75) is 6.42 Å². The van der Waals surface area contributed by atoms with Crippen LogP contribution in [0.3, 0.4) is 0 Å². The fourth-order valence-corrected chi connectivity index (χ4v) is 2.09. The van der Waals surface area contributed by atoms with Crippen molar-refractivity contribution in [1.29, 1.82) is 0 Å². The van der Waals surface area contributed by atoms with Gasteiger partial charge < -0.3 is 10.6 Å². The molecule has 0 aromatic carbocycles. The van der Waals surface area contributed by atoms with Gasteiger partial charge in [0.2, 0.25) is 5.91 Å². The second kappa shape index (κ2) is 7.84. The van der Waals surface area contributed by atoms with Crippen LogP contribution in [-0.4, -0.2) is 56.6 Å². The Morgan fingerprint density at radius 1 is 1.50 bits per heavy atom. The lowest BCUT2D eigenvalue weighted by molar-refractivity contribution is -0.120. The van der Waals surface area contributed by atoms with E-state index in [1.165, 1.54) is 0 Å². The van der Waals surface area contributed by atoms with Crippen LogP contribution in [0.2, 0.25) is 0 Å². The van der Waals surface area contributed by atoms with Gasteiger partial charge in [-0.2, -0.15) is 0 Å². The van der Waals surface area contributed by atoms with Crippen LogP contribution in [0.1, 0.15) is 6.42 Å². The zero-order valence-electron chi connectivity index (χ0n) is 10.9. The standard InChI is InChI=1S/C12H22N4O2/c1-3-5-14-12(18)15-11(17)9-16-6-4-10(8-16)7-13-2/h3,10,13H,1,4-9H2,2H3,(H2,14,15,17,18). The predicted molar refractivity (Wildman–Crippen MR) is 70.2 cm³/mol. The molecule has 1 aliphatic heterocycles. The van der Waals surface area contributed by atoms with Gasteiger partial charge in [0.15, 0.2) is 0 Å². The van der Waals surface area contributed by atoms with E-state index in [9.17, 15) is 9.59 Å². The quantitative estimate of drug-likeness (QED) is 0.561. The van der Waals surface area contributed by atoms with Gasteiger partial charge >= 0.3 is 6.03 Å². The van der Waals surface area contributed by atoms with E-state index >= 15 is 0 Å². The first-order chi connectivity index (χ1) is 8.65. The van der Waals surface area contributed by atoms with E-state index in [0.717, 1.165) is 26.1 Å². The highest BCUT2D eigenvalue weighted by Gasteiger charge is 2.23. The number of rotatable bonds is 6. The minimum absolute atomic E-state index is 0.262. The molecule has 3 amide bonds. The van der Waals surface area contributed by atoms with Crippen LogP contribution < -0.4 is 16.0 Å². The van der Waals surface area contributed by atoms with Crippen LogP contribution in [-0.2, 0) is 4.79 Å². The zero-order chi connectivity index (χ0) is 13.4. The van der Waals surface area contributed by atoms with Gasteiger partial charge in [-0.3, -0.25) is 15.0 Å². The maximum absolute atomic E-state index is 11.6. The van der Waals surface area contributed by atoms with Gasteiger partial charge in [-0.1, -0.05) is 6.08 Å². The Balaban J connectivity index is 2.20. The van der Waals surface area contributed by atoms with E-state index in [4.69, 9.17) is 0 Å². The second-order valence-corrected chi connectivity index (χ2v) is 4.49. The van der Waals surface area contributed by atoms with Gasteiger partial charge in [0.1, 0.15) is 0 Å². The van der Waals surface area contributed by atoms with E-state index in [1.54, 1.807) is 6.08 Å². The Morgan fingerprint density at radius 2 is 2.28 bits per heavy atom. The largest absolute Gasteiger partial charge is 0.334 e. The lowest BCUT2D eigenvalue weighted by Gasteiger charge is -2.15. The summed E-state index contributed by atoms with van der Waals surface area (Å²) in [7, 11) is 1.93. The van der Waals surface area contributed by atoms with Gasteiger partial charge in [0.05, 0.1) is 6.54 Å². The van der Waals surface area contributed by atoms with Gasteiger partial charge in [0, 0.05) is 13.1 Å². The maximum Gasteiger partial charge on any atom is 0.321 e. The molecule has 3 N–H and O–H groups in total. The van der Waals surface area contributed by atoms with Gasteiger partial charge in [-0.05, 0) is 32.5 Å². The van der Waals surface area contributed by atoms with Crippen LogP contribution in [0.25, 0.3) is 0 Å². The number of urea groups is 1. The van der Waals surface area contributed by atoms with Crippen LogP contribution in [0.15, 0.2) is 12.7 Å². The molecule has 1 aliphatic rings. The first kappa shape index (κ1) is 14.7. The first-order valence-corrected chi connectivity index (χ1v) is 6.21. The molecular weight excluding hydrogens is 232 g/mol. The Bertz CT molecular complexity index is 306. The molecule has 0 saturated carbocycles. The number of carbonyl (C=O) groups is 2. The second-order valence-electron chi connectivity index (χ2n) is 4.49. The van der Waals surface area contributed by atoms with Gasteiger partial charge in [-0.25, -0.2) is 4.79 Å². The number of imide groups is 1. The lowest BCUT2D eigenvalue weighted by atomic mass is 10.1. The monoisotopic (exact) mass is 254 g/mol. The number of amides is 3. The molecule has 0 aliphatic carbocycles. The molecule has 0 spiro atoms. The minimum Gasteiger partial charge on any atom is -0.334 e. The molecule has 0 aromatic heterocycles. The highest BCUT2D eigenvalue weighted by Crippen LogP contribution is 2.14. The molecule has 18 heavy (non-hydrogen) atoms. The Kier molecular flexibility index (Phi) is 6.38. The SMILES string of the molecule is C=CCNC(=O)NC(=O)CN1CCC(CNC)C1. The summed E-state index contributed by atoms with van der Waals surface area (Å²) in [6.45, 7) is 6.90. The molecule has 0 bridgehead atoms. The third kappa shape index (κ3) is 5.29. The van der Waals surface area contributed by atoms with Crippen molar-refractivity contribution in [3.63, 3.8) is 0 Å². The van der Waals surface area contributed by atoms with Gasteiger partial charge in [-0.15, -0.1) is 6.58 Å². The number of nitrogens with zero attached hydrogens (tertiary/aromatic N) is 1. The number of carbonyl (C=O) groups excluding carboxylic acids is 2. The van der Waals surface area contributed by atoms with Crippen LogP contribution >= 0.6 is 0 Å². The summed E-state index contributed by atoms with van der Waals surface area (Å²) in [4.78, 5) is 24.9. The van der Waals surface area contributed by atoms with Crippen molar-refractivity contribution in [2.24, 2.45) is 5.92 Å². The summed E-state index contributed by atoms with van der Waals surface area (Å²) in [6, 6.07) is -0.467. The average Bonchev–Trinajstić information content (AvgIpc) is 2.74. The number of nitrogens with one attached hydrogen (secondary N) is 3. The minimum atomic E-state index is -0.467. The molecule has 6 heteroatoms. The van der Waals surface area contributed by atoms with Crippen molar-refractivity contribution in [1.82, 2.24) is 20.9 Å². The molecule has 1 rings (SSSR count). The fraction of sp³-hybridized carbons (Fsp3) is 0.667. The predicted octanol–water partition coefficient (Wildman–Crippen LogP) is -0.460. The number of hydrogen-bond donors (Lipinski definition) is 3. The smallest absolute Gasteiger partial charge is 0.321 e. The third-order valence-electron chi connectivity index (χ3n) is 2.89. The van der Waals surface area contributed by atoms with Crippen LogP contribution in [0.4, 0.5) is 4.79 Å². The molecule has 1 saturated heterocycles. The Morgan fingerprint density at radius 3 is 2.94 bits per heavy atom. The summed E-state index contributed by atoms with van der Waals surface area (Å²) in [5.74, 6) is 0.332. The van der Waals surface area contributed by atoms with E-state index in [-0.39, 0.29) is 12.5 Å². The highest BCUT2D eigenvalue weighted by atomic mass is 16.2. The summed E-state index contributed by atoms with van der Waals surface area (Å²) in [5.41, 5.74) is 0. The van der Waals surface area contributed by atoms with Gasteiger partial charge in [0.25, 0.3) is 0 Å². The maximum atomic E-state index is 11.6. The van der Waals surface area contributed by atoms with E-state index in [1.807, 2.05) is 7.05 Å². The Labute approximate surface area is 108 Å². The average molecular weight is 254 g/mol. The summed E-state index contributed by atoms with van der Waals surface area (Å²) < 4.78 is 0. The fourth-order valence-electron chi connectivity index (χ4n) is 2.09. The van der Waals surface area contributed by atoms with E-state index in [2.05, 4.69) is 27.4 Å². The highest BCUT2D eigenvalue weighted by molar-refractivity contribution is 5.95. The molecule has 1 heterocycles. The number of hydrogen-bond acceptors (Lipinski definition) is 4. The molecule has 1 fully saturated rings. The van der Waals surface area contributed by atoms with E-state index in [0.29, 0.717) is 12.5 Å². The van der Waals surface area contributed by atoms with Crippen LogP contribution in [0, 0.1) is 5.92 Å². The first-order valence-electron chi connectivity index (χ1n) is 6.21. The normalized spacial score (nSPS) is 19.5. The third-order valence-corrected chi connectivity index (χ3v) is 2.89. The van der Waals surface area contributed by atoms with Crippen molar-refractivity contribution in [3.8, 4) is 0 Å². The van der Waals surface area contributed by atoms with Crippen molar-refractivity contribution < 1.29 is 9.59 Å². The summed E-state index contributed by atoms with van der Waals surface area (Å²) in [5, 5.41) is 7.93. The topological polar surface area (TPSA) is 73.5 Å².